The van der Waals surface area contributed by atoms with Gasteiger partial charge in [-0.1, -0.05) is 24.3 Å². The van der Waals surface area contributed by atoms with E-state index in [-0.39, 0.29) is 0 Å². The molecule has 4 rings (SSSR count). The number of hydrogen-bond acceptors (Lipinski definition) is 6. The van der Waals surface area contributed by atoms with Crippen LogP contribution in [-0.4, -0.2) is 21.3 Å². The maximum Gasteiger partial charge on any atom is 0.141 e. The van der Waals surface area contributed by atoms with Crippen LogP contribution in [0.25, 0.3) is 22.6 Å². The molecule has 0 radical (unpaired) electrons. The molecule has 2 aromatic carbocycles. The predicted octanol–water partition coefficient (Wildman–Crippen LogP) is -0.228. The fourth-order valence-corrected chi connectivity index (χ4v) is 3.00. The Labute approximate surface area is 152 Å². The van der Waals surface area contributed by atoms with Crippen LogP contribution in [0.2, 0.25) is 0 Å². The molecule has 8 heteroatoms. The molecule has 0 saturated heterocycles. The van der Waals surface area contributed by atoms with E-state index in [0.29, 0.717) is 0 Å². The topological polar surface area (TPSA) is 116 Å². The van der Waals surface area contributed by atoms with E-state index < -0.39 is 10.2 Å². The van der Waals surface area contributed by atoms with Crippen molar-refractivity contribution in [3.63, 3.8) is 0 Å². The van der Waals surface area contributed by atoms with Gasteiger partial charge in [0.1, 0.15) is 11.6 Å². The molecule has 0 atom stereocenters. The number of ether oxygens (including phenoxy) is 1. The summed E-state index contributed by atoms with van der Waals surface area (Å²) in [6.07, 6.45) is 0. The van der Waals surface area contributed by atoms with Crippen LogP contribution in [0.3, 0.4) is 0 Å². The minimum atomic E-state index is -4.69. The lowest BCUT2D eigenvalue weighted by atomic mass is 10.1. The van der Waals surface area contributed by atoms with E-state index in [4.69, 9.17) is 28.4 Å². The third kappa shape index (κ3) is 3.87. The molecule has 2 heterocycles. The molecule has 1 aromatic heterocycles. The molecule has 0 unspecified atom stereocenters. The van der Waals surface area contributed by atoms with Crippen LogP contribution in [0.5, 0.6) is 5.75 Å². The number of benzene rings is 2. The number of aromatic nitrogens is 2. The minimum absolute atomic E-state index is 0.869. The quantitative estimate of drug-likeness (QED) is 0.516. The van der Waals surface area contributed by atoms with Crippen LogP contribution in [0.15, 0.2) is 48.5 Å². The van der Waals surface area contributed by atoms with E-state index in [2.05, 4.69) is 47.9 Å². The molecule has 0 saturated carbocycles. The monoisotopic (exact) mass is 376 g/mol. The van der Waals surface area contributed by atoms with Crippen LogP contribution in [0.4, 0.5) is 0 Å². The first-order valence-corrected chi connectivity index (χ1v) is 8.97. The van der Waals surface area contributed by atoms with Crippen LogP contribution >= 0.6 is 0 Å². The first-order chi connectivity index (χ1) is 12.3. The smallest absolute Gasteiger partial charge is 0.141 e. The zero-order valence-electron chi connectivity index (χ0n) is 14.2. The van der Waals surface area contributed by atoms with Gasteiger partial charge in [0.25, 0.3) is 0 Å². The van der Waals surface area contributed by atoms with Gasteiger partial charge in [0.15, 0.2) is 0 Å². The minimum Gasteiger partial charge on any atom is -0.497 e. The summed E-state index contributed by atoms with van der Waals surface area (Å²) in [6.45, 7) is 3.06. The number of nitrogens with zero attached hydrogens (tertiary/aromatic N) is 2. The van der Waals surface area contributed by atoms with Crippen molar-refractivity contribution < 1.29 is 33.6 Å². The van der Waals surface area contributed by atoms with Gasteiger partial charge in [0.2, 0.25) is 0 Å². The van der Waals surface area contributed by atoms with Gasteiger partial charge < -0.3 is 9.30 Å². The third-order valence-corrected chi connectivity index (χ3v) is 4.17. The highest BCUT2D eigenvalue weighted by Gasteiger charge is 2.24. The number of halogens is 1. The second-order valence-electron chi connectivity index (χ2n) is 5.74. The summed E-state index contributed by atoms with van der Waals surface area (Å²) in [5.41, 5.74) is 6.01. The maximum absolute atomic E-state index is 8.60. The van der Waals surface area contributed by atoms with E-state index in [1.54, 1.807) is 7.11 Å². The highest BCUT2D eigenvalue weighted by Crippen LogP contribution is 2.36. The van der Waals surface area contributed by atoms with Gasteiger partial charge in [-0.15, -0.1) is 0 Å². The Morgan fingerprint density at radius 2 is 1.69 bits per heavy atom. The number of imidazole rings is 1. The molecule has 136 valence electrons. The summed E-state index contributed by atoms with van der Waals surface area (Å²) in [7, 11) is -3.01. The van der Waals surface area contributed by atoms with Crippen LogP contribution < -0.4 is 18.7 Å². The van der Waals surface area contributed by atoms with Crippen molar-refractivity contribution in [2.24, 2.45) is 0 Å². The van der Waals surface area contributed by atoms with E-state index in [9.17, 15) is 0 Å². The van der Waals surface area contributed by atoms with E-state index in [1.165, 1.54) is 16.8 Å². The first kappa shape index (κ1) is 18.4. The Morgan fingerprint density at radius 1 is 1.08 bits per heavy atom. The molecule has 26 heavy (non-hydrogen) atoms. The largest absolute Gasteiger partial charge is 0.497 e. The van der Waals surface area contributed by atoms with Gasteiger partial charge in [-0.25, -0.2) is 4.98 Å². The fraction of sp³-hybridized carbons (Fsp3) is 0.167. The zero-order valence-corrected chi connectivity index (χ0v) is 14.9. The van der Waals surface area contributed by atoms with Crippen molar-refractivity contribution >= 4 is 0 Å². The van der Waals surface area contributed by atoms with E-state index in [0.717, 1.165) is 29.4 Å². The Bertz CT molecular complexity index is 910. The fourth-order valence-electron chi connectivity index (χ4n) is 3.00. The summed E-state index contributed by atoms with van der Waals surface area (Å²) in [4.78, 5) is 4.88. The van der Waals surface area contributed by atoms with E-state index in [1.807, 2.05) is 12.1 Å². The van der Waals surface area contributed by atoms with Crippen molar-refractivity contribution in [2.75, 3.05) is 7.11 Å². The van der Waals surface area contributed by atoms with Gasteiger partial charge in [-0.3, -0.25) is 0 Å². The molecule has 0 bridgehead atoms. The Morgan fingerprint density at radius 3 is 2.31 bits per heavy atom. The molecule has 1 aliphatic heterocycles. The van der Waals surface area contributed by atoms with Gasteiger partial charge in [0, 0.05) is 16.8 Å². The van der Waals surface area contributed by atoms with Crippen molar-refractivity contribution in [3.8, 4) is 28.4 Å². The molecule has 0 spiro atoms. The average molecular weight is 377 g/mol. The lowest BCUT2D eigenvalue weighted by Crippen LogP contribution is -2.58. The summed E-state index contributed by atoms with van der Waals surface area (Å²) < 4.78 is 40.2. The van der Waals surface area contributed by atoms with Crippen molar-refractivity contribution in [1.29, 1.82) is 0 Å². The average Bonchev–Trinajstić information content (AvgIpc) is 3.11. The first-order valence-electron chi connectivity index (χ1n) is 7.71. The molecule has 3 aromatic rings. The van der Waals surface area contributed by atoms with E-state index >= 15 is 0 Å². The van der Waals surface area contributed by atoms with Crippen LogP contribution in [0.1, 0.15) is 11.3 Å². The summed E-state index contributed by atoms with van der Waals surface area (Å²) in [5, 5.41) is 0. The Hall–Kier alpha value is -2.42. The Kier molecular flexibility index (Phi) is 4.99. The molecule has 0 fully saturated rings. The Balaban J connectivity index is 0.000000349. The standard InChI is InChI=1S/C18H16N2O.ClHO4/c1-12-17(13-7-9-15(21-2)10-8-13)19-18-16-6-4-3-5-14(16)11-20(12)18;2-1(3,4)5/h3-10H,11H2,1-2H3;(H,2,3,4,5). The lowest BCUT2D eigenvalue weighted by Gasteiger charge is -2.04. The van der Waals surface area contributed by atoms with Gasteiger partial charge in [-0.2, -0.15) is 14.0 Å². The van der Waals surface area contributed by atoms with Gasteiger partial charge in [0.05, 0.1) is 34.3 Å². The van der Waals surface area contributed by atoms with Crippen LogP contribution in [-0.2, 0) is 6.54 Å². The summed E-state index contributed by atoms with van der Waals surface area (Å²) >= 11 is 0. The third-order valence-electron chi connectivity index (χ3n) is 4.17. The summed E-state index contributed by atoms with van der Waals surface area (Å²) in [5.74, 6) is 1.95. The van der Waals surface area contributed by atoms with Gasteiger partial charge in [-0.05, 0) is 36.8 Å². The lowest BCUT2D eigenvalue weighted by molar-refractivity contribution is -1.92. The van der Waals surface area contributed by atoms with Crippen molar-refractivity contribution in [2.45, 2.75) is 13.5 Å². The van der Waals surface area contributed by atoms with Crippen molar-refractivity contribution in [3.05, 3.63) is 59.8 Å². The summed E-state index contributed by atoms with van der Waals surface area (Å²) in [6, 6.07) is 16.6. The molecule has 1 N–H and O–H groups in total. The molecule has 7 nitrogen and oxygen atoms in total. The van der Waals surface area contributed by atoms with Crippen LogP contribution in [0, 0.1) is 17.2 Å². The maximum atomic E-state index is 8.60. The molecular weight excluding hydrogens is 360 g/mol. The molecule has 1 aliphatic rings. The number of fused-ring (bicyclic) bond motifs is 3. The zero-order chi connectivity index (χ0) is 18.9. The molecular formula is C18H17ClN2O5. The predicted molar refractivity (Wildman–Crippen MR) is 85.7 cm³/mol. The normalized spacial score (nSPS) is 12.1. The molecule has 0 amide bonds. The SMILES string of the molecule is COc1ccc(-c2nc3n(c2C)Cc2ccccc2-3)cc1.[O-][Cl+3]([O-])([O-])O. The highest BCUT2D eigenvalue weighted by atomic mass is 35.7. The second kappa shape index (κ2) is 7.06. The van der Waals surface area contributed by atoms with Crippen molar-refractivity contribution in [1.82, 2.24) is 9.55 Å². The van der Waals surface area contributed by atoms with Gasteiger partial charge >= 0.3 is 0 Å². The number of rotatable bonds is 2. The highest BCUT2D eigenvalue weighted by molar-refractivity contribution is 5.72. The molecule has 0 aliphatic carbocycles. The number of methoxy groups -OCH3 is 1. The number of hydrogen-bond donors (Lipinski definition) is 1. The second-order valence-corrected chi connectivity index (χ2v) is 6.53.